The molecular formula is C19H27ClFN3O3. The summed E-state index contributed by atoms with van der Waals surface area (Å²) in [6, 6.07) is 4.81. The second kappa shape index (κ2) is 9.37. The molecule has 0 atom stereocenters. The maximum atomic E-state index is 13.7. The summed E-state index contributed by atoms with van der Waals surface area (Å²) in [5.41, 5.74) is -0.151. The zero-order valence-corrected chi connectivity index (χ0v) is 16.7. The van der Waals surface area contributed by atoms with Crippen molar-refractivity contribution in [2.75, 3.05) is 13.1 Å². The van der Waals surface area contributed by atoms with E-state index in [1.54, 1.807) is 12.1 Å². The molecule has 1 aliphatic carbocycles. The van der Waals surface area contributed by atoms with Crippen molar-refractivity contribution in [3.8, 4) is 0 Å². The van der Waals surface area contributed by atoms with Crippen molar-refractivity contribution < 1.29 is 18.7 Å². The molecule has 0 heterocycles. The Labute approximate surface area is 164 Å². The van der Waals surface area contributed by atoms with Crippen LogP contribution in [0.5, 0.6) is 0 Å². The van der Waals surface area contributed by atoms with Crippen LogP contribution in [0.25, 0.3) is 0 Å². The fraction of sp³-hybridized carbons (Fsp3) is 0.579. The Kier molecular flexibility index (Phi) is 7.44. The lowest BCUT2D eigenvalue weighted by molar-refractivity contribution is -0.120. The number of alkyl carbamates (subject to hydrolysis) is 1. The minimum Gasteiger partial charge on any atom is -0.444 e. The summed E-state index contributed by atoms with van der Waals surface area (Å²) in [6.07, 6.45) is 1.30. The van der Waals surface area contributed by atoms with Crippen molar-refractivity contribution in [2.45, 2.75) is 51.8 Å². The first-order valence-corrected chi connectivity index (χ1v) is 9.41. The Bertz CT molecular complexity index is 673. The molecule has 1 aliphatic rings. The van der Waals surface area contributed by atoms with Crippen molar-refractivity contribution in [1.82, 2.24) is 16.0 Å². The van der Waals surface area contributed by atoms with Gasteiger partial charge in [-0.3, -0.25) is 4.79 Å². The van der Waals surface area contributed by atoms with E-state index in [1.165, 1.54) is 6.07 Å². The number of nitrogens with one attached hydrogen (secondary N) is 3. The largest absolute Gasteiger partial charge is 0.444 e. The molecule has 27 heavy (non-hydrogen) atoms. The van der Waals surface area contributed by atoms with Crippen molar-refractivity contribution in [3.63, 3.8) is 0 Å². The van der Waals surface area contributed by atoms with Crippen LogP contribution in [0.3, 0.4) is 0 Å². The van der Waals surface area contributed by atoms with Crippen molar-refractivity contribution in [3.05, 3.63) is 34.6 Å². The van der Waals surface area contributed by atoms with Crippen LogP contribution in [-0.2, 0) is 16.1 Å². The molecule has 0 aromatic heterocycles. The number of hydrogen-bond donors (Lipinski definition) is 3. The molecule has 2 amide bonds. The van der Waals surface area contributed by atoms with Gasteiger partial charge in [0.15, 0.2) is 0 Å². The van der Waals surface area contributed by atoms with Gasteiger partial charge in [-0.25, -0.2) is 9.18 Å². The van der Waals surface area contributed by atoms with Crippen molar-refractivity contribution >= 4 is 23.6 Å². The van der Waals surface area contributed by atoms with Crippen LogP contribution in [0.2, 0.25) is 5.02 Å². The van der Waals surface area contributed by atoms with Crippen LogP contribution in [0, 0.1) is 11.7 Å². The van der Waals surface area contributed by atoms with Crippen LogP contribution in [0.4, 0.5) is 9.18 Å². The minimum absolute atomic E-state index is 0.0411. The van der Waals surface area contributed by atoms with Crippen molar-refractivity contribution in [1.29, 1.82) is 0 Å². The van der Waals surface area contributed by atoms with E-state index in [9.17, 15) is 14.0 Å². The summed E-state index contributed by atoms with van der Waals surface area (Å²) in [5, 5.41) is 8.62. The third-order valence-corrected chi connectivity index (χ3v) is 4.47. The zero-order valence-electron chi connectivity index (χ0n) is 15.9. The van der Waals surface area contributed by atoms with E-state index in [4.69, 9.17) is 16.3 Å². The van der Waals surface area contributed by atoms with Crippen LogP contribution < -0.4 is 16.0 Å². The Hall–Kier alpha value is -1.86. The van der Waals surface area contributed by atoms with E-state index in [2.05, 4.69) is 16.0 Å². The summed E-state index contributed by atoms with van der Waals surface area (Å²) >= 11 is 5.71. The lowest BCUT2D eigenvalue weighted by atomic mass is 9.80. The highest BCUT2D eigenvalue weighted by Gasteiger charge is 2.31. The number of carbonyl (C=O) groups excluding carboxylic acids is 2. The van der Waals surface area contributed by atoms with Crippen LogP contribution in [-0.4, -0.2) is 36.7 Å². The van der Waals surface area contributed by atoms with Gasteiger partial charge >= 0.3 is 6.09 Å². The normalized spacial score (nSPS) is 19.1. The molecule has 1 saturated carbocycles. The maximum Gasteiger partial charge on any atom is 0.407 e. The minimum atomic E-state index is -0.509. The second-order valence-electron chi connectivity index (χ2n) is 7.80. The lowest BCUT2D eigenvalue weighted by Gasteiger charge is -2.36. The third kappa shape index (κ3) is 7.34. The molecule has 3 N–H and O–H groups in total. The molecule has 1 fully saturated rings. The monoisotopic (exact) mass is 399 g/mol. The van der Waals surface area contributed by atoms with E-state index < -0.39 is 17.5 Å². The molecular weight excluding hydrogens is 373 g/mol. The summed E-state index contributed by atoms with van der Waals surface area (Å²) in [4.78, 5) is 23.5. The molecule has 6 nitrogen and oxygen atoms in total. The first-order chi connectivity index (χ1) is 12.6. The first kappa shape index (κ1) is 21.4. The standard InChI is InChI=1S/C19H27ClFN3O3/c1-19(2,3)27-18(26)24-14-7-12(8-14)9-22-11-16(25)23-10-13-5-4-6-15(20)17(13)21/h4-6,12,14,22H,7-11H2,1-3H3,(H,23,25)(H,24,26). The Morgan fingerprint density at radius 1 is 1.30 bits per heavy atom. The van der Waals surface area contributed by atoms with Gasteiger partial charge in [0.05, 0.1) is 11.6 Å². The molecule has 150 valence electrons. The predicted molar refractivity (Wildman–Crippen MR) is 102 cm³/mol. The van der Waals surface area contributed by atoms with E-state index in [-0.39, 0.29) is 30.1 Å². The predicted octanol–water partition coefficient (Wildman–Crippen LogP) is 2.99. The lowest BCUT2D eigenvalue weighted by Crippen LogP contribution is -2.49. The molecule has 0 bridgehead atoms. The molecule has 0 radical (unpaired) electrons. The molecule has 2 rings (SSSR count). The highest BCUT2D eigenvalue weighted by Crippen LogP contribution is 2.27. The van der Waals surface area contributed by atoms with E-state index in [0.29, 0.717) is 18.0 Å². The highest BCUT2D eigenvalue weighted by molar-refractivity contribution is 6.30. The molecule has 0 saturated heterocycles. The van der Waals surface area contributed by atoms with Gasteiger partial charge in [-0.15, -0.1) is 0 Å². The Morgan fingerprint density at radius 2 is 2.00 bits per heavy atom. The summed E-state index contributed by atoms with van der Waals surface area (Å²) in [6.45, 7) is 6.41. The van der Waals surface area contributed by atoms with E-state index in [1.807, 2.05) is 20.8 Å². The average Bonchev–Trinajstić information content (AvgIpc) is 2.52. The number of hydrogen-bond acceptors (Lipinski definition) is 4. The fourth-order valence-corrected chi connectivity index (χ4v) is 3.02. The first-order valence-electron chi connectivity index (χ1n) is 9.04. The Balaban J connectivity index is 1.56. The number of ether oxygens (including phenoxy) is 1. The molecule has 8 heteroatoms. The summed E-state index contributed by atoms with van der Waals surface area (Å²) < 4.78 is 19.0. The van der Waals surface area contributed by atoms with Crippen LogP contribution >= 0.6 is 11.6 Å². The molecule has 0 aliphatic heterocycles. The van der Waals surface area contributed by atoms with Gasteiger partial charge in [-0.05, 0) is 52.1 Å². The fourth-order valence-electron chi connectivity index (χ4n) is 2.83. The highest BCUT2D eigenvalue weighted by atomic mass is 35.5. The van der Waals surface area contributed by atoms with Gasteiger partial charge < -0.3 is 20.7 Å². The third-order valence-electron chi connectivity index (χ3n) is 4.18. The number of rotatable bonds is 7. The van der Waals surface area contributed by atoms with E-state index >= 15 is 0 Å². The summed E-state index contributed by atoms with van der Waals surface area (Å²) in [7, 11) is 0. The maximum absolute atomic E-state index is 13.7. The number of halogens is 2. The summed E-state index contributed by atoms with van der Waals surface area (Å²) in [5.74, 6) is -0.314. The van der Waals surface area contributed by atoms with Gasteiger partial charge in [-0.1, -0.05) is 23.7 Å². The molecule has 1 aromatic carbocycles. The molecule has 1 aromatic rings. The Morgan fingerprint density at radius 3 is 2.67 bits per heavy atom. The van der Waals surface area contributed by atoms with Gasteiger partial charge in [0, 0.05) is 18.2 Å². The van der Waals surface area contributed by atoms with Gasteiger partial charge in [0.2, 0.25) is 5.91 Å². The van der Waals surface area contributed by atoms with Gasteiger partial charge in [0.25, 0.3) is 0 Å². The number of benzene rings is 1. The van der Waals surface area contributed by atoms with Crippen LogP contribution in [0.1, 0.15) is 39.2 Å². The zero-order chi connectivity index (χ0) is 20.0. The molecule has 0 unspecified atom stereocenters. The quantitative estimate of drug-likeness (QED) is 0.658. The van der Waals surface area contributed by atoms with Crippen LogP contribution in [0.15, 0.2) is 18.2 Å². The van der Waals surface area contributed by atoms with Crippen molar-refractivity contribution in [2.24, 2.45) is 5.92 Å². The van der Waals surface area contributed by atoms with Gasteiger partial charge in [-0.2, -0.15) is 0 Å². The molecule has 0 spiro atoms. The number of amides is 2. The SMILES string of the molecule is CC(C)(C)OC(=O)NC1CC(CNCC(=O)NCc2cccc(Cl)c2F)C1. The smallest absolute Gasteiger partial charge is 0.407 e. The average molecular weight is 400 g/mol. The topological polar surface area (TPSA) is 79.5 Å². The van der Waals surface area contributed by atoms with E-state index in [0.717, 1.165) is 12.8 Å². The second-order valence-corrected chi connectivity index (χ2v) is 8.21. The number of carbonyl (C=O) groups is 2. The van der Waals surface area contributed by atoms with Gasteiger partial charge in [0.1, 0.15) is 11.4 Å².